The number of halogens is 1. The van der Waals surface area contributed by atoms with Gasteiger partial charge in [-0.15, -0.1) is 0 Å². The highest BCUT2D eigenvalue weighted by Gasteiger charge is 2.58. The number of hydrogen-bond acceptors (Lipinski definition) is 7. The number of amides is 1. The van der Waals surface area contributed by atoms with Gasteiger partial charge in [0.25, 0.3) is 0 Å². The number of nitrogens with two attached hydrogens (primary N) is 1. The van der Waals surface area contributed by atoms with Crippen LogP contribution in [-0.2, 0) is 4.79 Å². The Morgan fingerprint density at radius 2 is 2.03 bits per heavy atom. The minimum atomic E-state index is -1.07. The zero-order valence-corrected chi connectivity index (χ0v) is 19.1. The number of pyridine rings is 1. The van der Waals surface area contributed by atoms with E-state index in [-0.39, 0.29) is 12.3 Å². The van der Waals surface area contributed by atoms with Crippen molar-refractivity contribution < 1.29 is 15.0 Å². The normalized spacial score (nSPS) is 27.0. The predicted molar refractivity (Wildman–Crippen MR) is 132 cm³/mol. The summed E-state index contributed by atoms with van der Waals surface area (Å²) in [5.74, 6) is 0.252. The third-order valence-corrected chi connectivity index (χ3v) is 7.76. The molecular weight excluding hydrogens is 455 g/mol. The van der Waals surface area contributed by atoms with Crippen LogP contribution in [0.1, 0.15) is 18.9 Å². The molecule has 4 aromatic rings. The van der Waals surface area contributed by atoms with Crippen LogP contribution in [0.25, 0.3) is 21.9 Å². The number of carbonyl (C=O) groups excluding carboxylic acids is 1. The summed E-state index contributed by atoms with van der Waals surface area (Å²) < 4.78 is 1.83. The molecule has 1 aromatic carbocycles. The average Bonchev–Trinajstić information content (AvgIpc) is 3.45. The molecule has 1 aliphatic carbocycles. The van der Waals surface area contributed by atoms with Crippen molar-refractivity contribution in [1.82, 2.24) is 19.5 Å². The van der Waals surface area contributed by atoms with Gasteiger partial charge in [0, 0.05) is 30.3 Å². The summed E-state index contributed by atoms with van der Waals surface area (Å²) >= 11 is 6.21. The molecule has 0 radical (unpaired) electrons. The number of aliphatic hydroxyl groups is 2. The second-order valence-corrected chi connectivity index (χ2v) is 9.78. The molecule has 1 spiro atoms. The van der Waals surface area contributed by atoms with Gasteiger partial charge in [0.05, 0.1) is 23.0 Å². The Labute approximate surface area is 200 Å². The topological polar surface area (TPSA) is 130 Å². The zero-order valence-electron chi connectivity index (χ0n) is 18.4. The largest absolute Gasteiger partial charge is 0.390 e. The first kappa shape index (κ1) is 21.3. The summed E-state index contributed by atoms with van der Waals surface area (Å²) in [6.45, 7) is 0.294. The fraction of sp³-hybridized carbons (Fsp3) is 0.304. The molecule has 172 valence electrons. The molecule has 6 rings (SSSR count). The van der Waals surface area contributed by atoms with Gasteiger partial charge in [0.15, 0.2) is 0 Å². The fourth-order valence-electron chi connectivity index (χ4n) is 5.58. The van der Waals surface area contributed by atoms with Crippen LogP contribution in [0.3, 0.4) is 0 Å². The number of anilines is 2. The summed E-state index contributed by atoms with van der Waals surface area (Å²) in [5, 5.41) is 24.2. The maximum atomic E-state index is 13.1. The minimum absolute atomic E-state index is 0.103. The lowest BCUT2D eigenvalue weighted by Crippen LogP contribution is -2.38. The lowest BCUT2D eigenvalue weighted by molar-refractivity contribution is -0.118. The molecule has 1 saturated carbocycles. The van der Waals surface area contributed by atoms with Gasteiger partial charge >= 0.3 is 0 Å². The van der Waals surface area contributed by atoms with Crippen LogP contribution >= 0.6 is 11.6 Å². The molecular formula is C23H22BClN6O3. The first-order valence-electron chi connectivity index (χ1n) is 11.1. The molecule has 4 heterocycles. The Morgan fingerprint density at radius 3 is 2.85 bits per heavy atom. The summed E-state index contributed by atoms with van der Waals surface area (Å²) in [5.41, 5.74) is 8.04. The minimum Gasteiger partial charge on any atom is -0.390 e. The molecule has 0 bridgehead atoms. The SMILES string of the molecule is Bc1cc2ccc(N3C[C@@]4(CC3=O)C[C@@H](n3ccc5c(N)ncnc53)[C@H](O)[C@@H]4O)cc2nc1Cl. The monoisotopic (exact) mass is 476 g/mol. The van der Waals surface area contributed by atoms with E-state index in [4.69, 9.17) is 17.3 Å². The lowest BCUT2D eigenvalue weighted by Gasteiger charge is -2.27. The standard InChI is InChI=1S/C23H22BClN6O3/c24-14-5-11-1-2-12(6-15(11)29-20(14)25)31-9-23(8-17(31)32)7-16(18(33)19(23)34)30-4-3-13-21(26)27-10-28-22(13)30/h1-6,10,16,18-19,33-34H,7-9,24H2,(H2,26,27,28)/t16-,18+,19+,23+/m1/s1. The van der Waals surface area contributed by atoms with E-state index in [9.17, 15) is 15.0 Å². The predicted octanol–water partition coefficient (Wildman–Crippen LogP) is 0.563. The van der Waals surface area contributed by atoms with Crippen molar-refractivity contribution in [3.8, 4) is 0 Å². The number of aromatic nitrogens is 4. The van der Waals surface area contributed by atoms with Crippen molar-refractivity contribution in [2.24, 2.45) is 5.41 Å². The van der Waals surface area contributed by atoms with Crippen molar-refractivity contribution in [1.29, 1.82) is 0 Å². The number of rotatable bonds is 2. The van der Waals surface area contributed by atoms with Gasteiger partial charge in [-0.25, -0.2) is 15.0 Å². The van der Waals surface area contributed by atoms with E-state index < -0.39 is 23.7 Å². The van der Waals surface area contributed by atoms with E-state index in [1.807, 2.05) is 36.7 Å². The van der Waals surface area contributed by atoms with Crippen LogP contribution < -0.4 is 16.1 Å². The van der Waals surface area contributed by atoms with Crippen molar-refractivity contribution in [2.75, 3.05) is 17.2 Å². The quantitative estimate of drug-likeness (QED) is 0.285. The van der Waals surface area contributed by atoms with Gasteiger partial charge in [-0.05, 0) is 30.0 Å². The summed E-state index contributed by atoms with van der Waals surface area (Å²) in [7, 11) is 1.90. The van der Waals surface area contributed by atoms with Crippen LogP contribution in [0.4, 0.5) is 11.5 Å². The first-order chi connectivity index (χ1) is 16.3. The number of nitrogens with zero attached hydrogens (tertiary/aromatic N) is 5. The second kappa shape index (κ2) is 7.40. The Morgan fingerprint density at radius 1 is 1.21 bits per heavy atom. The highest BCUT2D eigenvalue weighted by molar-refractivity contribution is 6.44. The van der Waals surface area contributed by atoms with Crippen LogP contribution in [0.2, 0.25) is 5.15 Å². The Hall–Kier alpha value is -3.21. The maximum absolute atomic E-state index is 13.1. The molecule has 9 nitrogen and oxygen atoms in total. The molecule has 4 N–H and O–H groups in total. The van der Waals surface area contributed by atoms with Gasteiger partial charge in [-0.1, -0.05) is 29.2 Å². The molecule has 2 aliphatic rings. The van der Waals surface area contributed by atoms with E-state index in [2.05, 4.69) is 15.0 Å². The molecule has 2 fully saturated rings. The molecule has 1 aliphatic heterocycles. The van der Waals surface area contributed by atoms with Gasteiger partial charge in [-0.3, -0.25) is 4.79 Å². The highest BCUT2D eigenvalue weighted by atomic mass is 35.5. The van der Waals surface area contributed by atoms with Gasteiger partial charge in [0.1, 0.15) is 36.9 Å². The second-order valence-electron chi connectivity index (χ2n) is 9.42. The summed E-state index contributed by atoms with van der Waals surface area (Å²) in [4.78, 5) is 27.6. The highest BCUT2D eigenvalue weighted by Crippen LogP contribution is 2.52. The van der Waals surface area contributed by atoms with Crippen LogP contribution in [-0.4, -0.2) is 62.2 Å². The molecule has 34 heavy (non-hydrogen) atoms. The molecule has 0 unspecified atom stereocenters. The van der Waals surface area contributed by atoms with Crippen molar-refractivity contribution in [2.45, 2.75) is 31.1 Å². The number of nitrogen functional groups attached to an aromatic ring is 1. The molecule has 1 saturated heterocycles. The van der Waals surface area contributed by atoms with E-state index in [1.54, 1.807) is 17.2 Å². The zero-order chi connectivity index (χ0) is 23.8. The Bertz CT molecular complexity index is 1480. The van der Waals surface area contributed by atoms with Gasteiger partial charge < -0.3 is 25.4 Å². The Kier molecular flexibility index (Phi) is 4.64. The Balaban J connectivity index is 1.34. The smallest absolute Gasteiger partial charge is 0.227 e. The number of benzene rings is 1. The number of hydrogen-bond donors (Lipinski definition) is 3. The first-order valence-corrected chi connectivity index (χ1v) is 11.5. The molecule has 1 amide bonds. The van der Waals surface area contributed by atoms with Crippen molar-refractivity contribution in [3.05, 3.63) is 48.0 Å². The number of fused-ring (bicyclic) bond motifs is 2. The van der Waals surface area contributed by atoms with Crippen LogP contribution in [0.15, 0.2) is 42.9 Å². The third-order valence-electron chi connectivity index (χ3n) is 7.38. The molecule has 4 atom stereocenters. The lowest BCUT2D eigenvalue weighted by atomic mass is 9.82. The van der Waals surface area contributed by atoms with E-state index in [0.717, 1.165) is 10.8 Å². The molecule has 3 aromatic heterocycles. The van der Waals surface area contributed by atoms with Gasteiger partial charge in [0.2, 0.25) is 5.91 Å². The van der Waals surface area contributed by atoms with E-state index in [0.29, 0.717) is 46.2 Å². The fourth-order valence-corrected chi connectivity index (χ4v) is 5.73. The van der Waals surface area contributed by atoms with Gasteiger partial charge in [-0.2, -0.15) is 0 Å². The van der Waals surface area contributed by atoms with Crippen LogP contribution in [0.5, 0.6) is 0 Å². The van der Waals surface area contributed by atoms with Crippen molar-refractivity contribution >= 4 is 64.3 Å². The van der Waals surface area contributed by atoms with E-state index in [1.165, 1.54) is 6.33 Å². The van der Waals surface area contributed by atoms with Crippen LogP contribution in [0, 0.1) is 5.41 Å². The third kappa shape index (κ3) is 3.02. The summed E-state index contributed by atoms with van der Waals surface area (Å²) in [6, 6.07) is 8.94. The maximum Gasteiger partial charge on any atom is 0.227 e. The van der Waals surface area contributed by atoms with E-state index >= 15 is 0 Å². The molecule has 11 heteroatoms. The average molecular weight is 477 g/mol. The number of carbonyl (C=O) groups is 1. The number of aliphatic hydroxyl groups excluding tert-OH is 2. The summed E-state index contributed by atoms with van der Waals surface area (Å²) in [6.07, 6.45) is 1.60. The van der Waals surface area contributed by atoms with Crippen molar-refractivity contribution in [3.63, 3.8) is 0 Å².